The first-order chi connectivity index (χ1) is 22.6. The number of nitrogens with two attached hydrogens (primary N) is 5. The molecule has 0 aliphatic carbocycles. The molecule has 2 aliphatic rings. The molecule has 29 heteroatoms. The molecule has 8 rings (SSSR count). The smallest absolute Gasteiger partial charge is 0.246 e. The third kappa shape index (κ3) is 4.51. The van der Waals surface area contributed by atoms with Gasteiger partial charge in [0.2, 0.25) is 105 Å². The van der Waals surface area contributed by atoms with Crippen LogP contribution in [0.25, 0.3) is 40.4 Å². The van der Waals surface area contributed by atoms with Crippen molar-refractivity contribution < 1.29 is 0 Å². The molecule has 0 aromatic carbocycles. The molecule has 47 heavy (non-hydrogen) atoms. The molecule has 232 valence electrons. The number of anilines is 7. The minimum atomic E-state index is -0.502. The van der Waals surface area contributed by atoms with Crippen molar-refractivity contribution in [2.75, 3.05) is 33.6 Å². The number of nitrogens with zero attached hydrogens (tertiary/aromatic N) is 19. The van der Waals surface area contributed by atoms with E-state index in [0.29, 0.717) is 0 Å². The molecule has 6 aromatic rings. The number of nitrogen functional groups attached to an aromatic ring is 4. The first-order valence-electron chi connectivity index (χ1n) is 12.6. The highest BCUT2D eigenvalue weighted by molar-refractivity contribution is 5.93. The van der Waals surface area contributed by atoms with Crippen LogP contribution in [0.1, 0.15) is 0 Å². The van der Waals surface area contributed by atoms with Crippen molar-refractivity contribution in [2.45, 2.75) is 0 Å². The third-order valence-corrected chi connectivity index (χ3v) is 5.92. The lowest BCUT2D eigenvalue weighted by atomic mass is 10.7. The molecule has 0 atom stereocenters. The van der Waals surface area contributed by atoms with Gasteiger partial charge in [-0.05, 0) is 0 Å². The molecule has 29 nitrogen and oxygen atoms in total. The number of H-pyrrole nitrogens is 1. The van der Waals surface area contributed by atoms with E-state index in [4.69, 9.17) is 39.5 Å². The summed E-state index contributed by atoms with van der Waals surface area (Å²) in [5.74, 6) is -3.88. The third-order valence-electron chi connectivity index (χ3n) is 5.92. The fourth-order valence-electron chi connectivity index (χ4n) is 4.19. The van der Waals surface area contributed by atoms with Crippen molar-refractivity contribution in [3.63, 3.8) is 0 Å². The number of aromatic nitrogens is 19. The van der Waals surface area contributed by atoms with Crippen LogP contribution in [0.5, 0.6) is 0 Å². The Labute approximate surface area is 253 Å². The lowest BCUT2D eigenvalue weighted by Crippen LogP contribution is -2.26. The Bertz CT molecular complexity index is 2750. The van der Waals surface area contributed by atoms with E-state index < -0.39 is 11.2 Å². The molecule has 15 N–H and O–H groups in total. The molecule has 0 spiro atoms. The van der Waals surface area contributed by atoms with Gasteiger partial charge >= 0.3 is 0 Å². The summed E-state index contributed by atoms with van der Waals surface area (Å²) in [6.07, 6.45) is 0. The number of hydrogen-bond donors (Lipinski definition) is 10. The average Bonchev–Trinajstić information content (AvgIpc) is 2.94. The molecule has 0 saturated carbocycles. The molecule has 6 aromatic heterocycles. The van der Waals surface area contributed by atoms with Crippen LogP contribution >= 0.6 is 0 Å². The molecule has 7 bridgehead atoms. The Morgan fingerprint density at radius 2 is 1.02 bits per heavy atom. The van der Waals surface area contributed by atoms with Crippen LogP contribution in [0.3, 0.4) is 0 Å². The Kier molecular flexibility index (Phi) is 5.31. The summed E-state index contributed by atoms with van der Waals surface area (Å²) >= 11 is 0. The minimum Gasteiger partial charge on any atom is -0.369 e. The van der Waals surface area contributed by atoms with Crippen LogP contribution < -0.4 is 50.5 Å². The molecular formula is C18H15N29. The van der Waals surface area contributed by atoms with Gasteiger partial charge in [0.25, 0.3) is 0 Å². The number of guanidine groups is 1. The van der Waals surface area contributed by atoms with E-state index in [9.17, 15) is 0 Å². The Morgan fingerprint density at radius 3 is 1.74 bits per heavy atom. The largest absolute Gasteiger partial charge is 0.369 e. The lowest BCUT2D eigenvalue weighted by Gasteiger charge is -2.12. The van der Waals surface area contributed by atoms with Crippen LogP contribution in [-0.2, 0) is 0 Å². The number of nitrogens with one attached hydrogen (secondary N) is 5. The highest BCUT2D eigenvalue weighted by Gasteiger charge is 2.18. The van der Waals surface area contributed by atoms with Crippen molar-refractivity contribution in [3.8, 4) is 0 Å². The monoisotopic (exact) mass is 637 g/mol. The van der Waals surface area contributed by atoms with Gasteiger partial charge < -0.3 is 28.7 Å². The molecule has 0 saturated heterocycles. The van der Waals surface area contributed by atoms with Gasteiger partial charge in [-0.1, -0.05) is 0 Å². The van der Waals surface area contributed by atoms with Crippen molar-refractivity contribution in [1.29, 1.82) is 10.8 Å². The first-order valence-corrected chi connectivity index (χ1v) is 12.6. The number of fused-ring (bicyclic) bond motifs is 10. The fourth-order valence-corrected chi connectivity index (χ4v) is 4.19. The van der Waals surface area contributed by atoms with E-state index in [2.05, 4.69) is 95.4 Å². The molecular weight excluding hydrogens is 622 g/mol. The minimum absolute atomic E-state index is 0.121. The second-order valence-corrected chi connectivity index (χ2v) is 9.05. The van der Waals surface area contributed by atoms with Gasteiger partial charge in [-0.15, -0.1) is 0 Å². The quantitative estimate of drug-likeness (QED) is 0.0744. The van der Waals surface area contributed by atoms with Crippen LogP contribution in [0.15, 0.2) is 4.99 Å². The Morgan fingerprint density at radius 1 is 0.468 bits per heavy atom. The maximum Gasteiger partial charge on any atom is 0.246 e. The first kappa shape index (κ1) is 26.5. The van der Waals surface area contributed by atoms with Gasteiger partial charge in [0.05, 0.1) is 0 Å². The lowest BCUT2D eigenvalue weighted by molar-refractivity contribution is 0.845. The van der Waals surface area contributed by atoms with Gasteiger partial charge in [-0.25, -0.2) is 13.2 Å². The highest BCUT2D eigenvalue weighted by Crippen LogP contribution is 2.19. The SMILES string of the molecule is N=c1nc2nc(nc3nc4nc(nc5nc(n6c(N)nc(N)nc6nc6nc(N)nc(nc7nc(N)nc(=N)n27)n46)N=C(N)N5)N3)[nH]1. The van der Waals surface area contributed by atoms with E-state index in [-0.39, 0.29) is 94.0 Å². The van der Waals surface area contributed by atoms with E-state index in [1.54, 1.807) is 0 Å². The van der Waals surface area contributed by atoms with Gasteiger partial charge in [0, 0.05) is 0 Å². The molecule has 0 radical (unpaired) electrons. The molecule has 0 fully saturated rings. The van der Waals surface area contributed by atoms with Crippen molar-refractivity contribution in [2.24, 2.45) is 10.7 Å². The van der Waals surface area contributed by atoms with Gasteiger partial charge in [-0.2, -0.15) is 79.8 Å². The second-order valence-electron chi connectivity index (χ2n) is 9.05. The average molecular weight is 638 g/mol. The van der Waals surface area contributed by atoms with Crippen molar-refractivity contribution >= 4 is 94.0 Å². The Hall–Kier alpha value is -8.14. The number of rotatable bonds is 0. The van der Waals surface area contributed by atoms with Crippen LogP contribution in [0.4, 0.5) is 47.6 Å². The van der Waals surface area contributed by atoms with Gasteiger partial charge in [0.15, 0.2) is 0 Å². The van der Waals surface area contributed by atoms with E-state index in [0.717, 1.165) is 13.2 Å². The summed E-state index contributed by atoms with van der Waals surface area (Å²) in [7, 11) is 0. The molecule has 0 amide bonds. The van der Waals surface area contributed by atoms with E-state index in [1.807, 2.05) is 0 Å². The molecule has 0 unspecified atom stereocenters. The standard InChI is InChI=1S/C18H15N29/c19-1-26-6(24)45-12-32-3(21)28-8(39-12)36-10-38-11-37-9-29-4(22)33-13(40-9)46-7(25)27-2(20)31-15(46)44-17-35-5(23)34-16(43-14(45)30-1)47(17)18(41-10)42-11/h(H9,19,20,23,24,25,26,27,30,31,34,35,43,44)(H6,21,22,28,29,32,33,36,37,38,39,40,41,42). The zero-order chi connectivity index (χ0) is 32.6. The maximum atomic E-state index is 8.50. The van der Waals surface area contributed by atoms with Crippen molar-refractivity contribution in [1.82, 2.24) is 92.9 Å². The molecule has 2 aliphatic heterocycles. The summed E-state index contributed by atoms with van der Waals surface area (Å²) in [6.45, 7) is 0. The van der Waals surface area contributed by atoms with Gasteiger partial charge in [0.1, 0.15) is 0 Å². The highest BCUT2D eigenvalue weighted by atomic mass is 15.4. The summed E-state index contributed by atoms with van der Waals surface area (Å²) in [6, 6.07) is 0. The summed E-state index contributed by atoms with van der Waals surface area (Å²) in [5.41, 5.74) is 29.2. The summed E-state index contributed by atoms with van der Waals surface area (Å²) in [4.78, 5) is 70.7. The molecule has 8 heterocycles. The zero-order valence-corrected chi connectivity index (χ0v) is 22.9. The number of aliphatic imine (C=N–C) groups is 1. The summed E-state index contributed by atoms with van der Waals surface area (Å²) < 4.78 is 3.21. The van der Waals surface area contributed by atoms with Gasteiger partial charge in [-0.3, -0.25) is 26.4 Å². The van der Waals surface area contributed by atoms with Crippen LogP contribution in [0, 0.1) is 10.8 Å². The number of hydrogen-bond acceptors (Lipinski definition) is 25. The Balaban J connectivity index is 1.73. The van der Waals surface area contributed by atoms with E-state index in [1.165, 1.54) is 0 Å². The predicted octanol–water partition coefficient (Wildman–Crippen LogP) is -4.91. The summed E-state index contributed by atoms with van der Waals surface area (Å²) in [5, 5.41) is 22.2. The predicted molar refractivity (Wildman–Crippen MR) is 156 cm³/mol. The second kappa shape index (κ2) is 9.43. The topological polar surface area (TPSA) is 437 Å². The fraction of sp³-hybridized carbons (Fsp3) is 0. The maximum absolute atomic E-state index is 8.50. The zero-order valence-electron chi connectivity index (χ0n) is 22.9. The van der Waals surface area contributed by atoms with Crippen molar-refractivity contribution in [3.05, 3.63) is 11.2 Å². The van der Waals surface area contributed by atoms with Crippen LogP contribution in [0.2, 0.25) is 0 Å². The normalized spacial score (nSPS) is 12.5. The van der Waals surface area contributed by atoms with E-state index >= 15 is 0 Å². The van der Waals surface area contributed by atoms with Crippen LogP contribution in [-0.4, -0.2) is 98.9 Å². The number of aromatic amines is 1.